The van der Waals surface area contributed by atoms with Crippen molar-refractivity contribution in [1.82, 2.24) is 5.16 Å². The summed E-state index contributed by atoms with van der Waals surface area (Å²) in [5.41, 5.74) is 1.12. The maximum Gasteiger partial charge on any atom is 0.306 e. The molecule has 1 heterocycles. The number of rotatable bonds is 4. The number of hydrogen-bond acceptors (Lipinski definition) is 4. The lowest BCUT2D eigenvalue weighted by Crippen LogP contribution is -2.12. The number of hydrogen-bond donors (Lipinski definition) is 1. The zero-order chi connectivity index (χ0) is 13.3. The maximum absolute atomic E-state index is 10.8. The van der Waals surface area contributed by atoms with Crippen LogP contribution in [0.1, 0.15) is 12.6 Å². The van der Waals surface area contributed by atoms with E-state index >= 15 is 0 Å². The third-order valence-electron chi connectivity index (χ3n) is 2.74. The van der Waals surface area contributed by atoms with Crippen LogP contribution >= 0.6 is 11.6 Å². The Morgan fingerprint density at radius 2 is 2.33 bits per heavy atom. The summed E-state index contributed by atoms with van der Waals surface area (Å²) >= 11 is 6.02. The number of benzene rings is 1. The first-order valence-electron chi connectivity index (χ1n) is 5.37. The average Bonchev–Trinajstić information content (AvgIpc) is 2.70. The smallest absolute Gasteiger partial charge is 0.306 e. The van der Waals surface area contributed by atoms with E-state index in [9.17, 15) is 4.79 Å². The predicted molar refractivity (Wildman–Crippen MR) is 66.1 cm³/mol. The van der Waals surface area contributed by atoms with Crippen molar-refractivity contribution >= 4 is 28.5 Å². The van der Waals surface area contributed by atoms with Gasteiger partial charge in [-0.15, -0.1) is 0 Å². The number of methoxy groups -OCH3 is 1. The van der Waals surface area contributed by atoms with Crippen LogP contribution in [0.3, 0.4) is 0 Å². The number of ether oxygens (including phenoxy) is 1. The molecule has 2 aromatic rings. The zero-order valence-corrected chi connectivity index (χ0v) is 10.7. The van der Waals surface area contributed by atoms with Crippen LogP contribution in [0.15, 0.2) is 16.7 Å². The van der Waals surface area contributed by atoms with Gasteiger partial charge < -0.3 is 14.4 Å². The Morgan fingerprint density at radius 1 is 1.61 bits per heavy atom. The summed E-state index contributed by atoms with van der Waals surface area (Å²) < 4.78 is 10.2. The van der Waals surface area contributed by atoms with Crippen LogP contribution < -0.4 is 4.74 Å². The molecule has 5 nitrogen and oxygen atoms in total. The highest BCUT2D eigenvalue weighted by Crippen LogP contribution is 2.32. The van der Waals surface area contributed by atoms with E-state index in [1.807, 2.05) is 0 Å². The highest BCUT2D eigenvalue weighted by atomic mass is 35.5. The molecule has 0 fully saturated rings. The molecule has 0 spiro atoms. The summed E-state index contributed by atoms with van der Waals surface area (Å²) in [6, 6.07) is 3.32. The Labute approximate surface area is 108 Å². The first-order valence-corrected chi connectivity index (χ1v) is 5.75. The minimum absolute atomic E-state index is 0.297. The third kappa shape index (κ3) is 2.26. The Kier molecular flexibility index (Phi) is 3.43. The van der Waals surface area contributed by atoms with Gasteiger partial charge in [0, 0.05) is 17.9 Å². The fourth-order valence-corrected chi connectivity index (χ4v) is 1.91. The van der Waals surface area contributed by atoms with Gasteiger partial charge in [-0.05, 0) is 6.07 Å². The van der Waals surface area contributed by atoms with Crippen LogP contribution in [0.5, 0.6) is 5.75 Å². The Morgan fingerprint density at radius 3 is 2.94 bits per heavy atom. The zero-order valence-electron chi connectivity index (χ0n) is 9.94. The van der Waals surface area contributed by atoms with Gasteiger partial charge in [0.25, 0.3) is 0 Å². The monoisotopic (exact) mass is 269 g/mol. The average molecular weight is 270 g/mol. The van der Waals surface area contributed by atoms with E-state index in [1.54, 1.807) is 19.1 Å². The van der Waals surface area contributed by atoms with Gasteiger partial charge in [-0.3, -0.25) is 4.79 Å². The lowest BCUT2D eigenvalue weighted by molar-refractivity contribution is -0.141. The molecule has 2 rings (SSSR count). The van der Waals surface area contributed by atoms with E-state index in [0.717, 1.165) is 0 Å². The van der Waals surface area contributed by atoms with Crippen molar-refractivity contribution in [2.45, 2.75) is 13.3 Å². The van der Waals surface area contributed by atoms with E-state index in [-0.39, 0.29) is 0 Å². The van der Waals surface area contributed by atoms with Crippen molar-refractivity contribution in [3.8, 4) is 5.75 Å². The second-order valence-electron chi connectivity index (χ2n) is 4.06. The molecule has 6 heteroatoms. The molecular formula is C12H12ClNO4. The van der Waals surface area contributed by atoms with E-state index in [1.165, 1.54) is 7.11 Å². The lowest BCUT2D eigenvalue weighted by Gasteiger charge is -2.04. The molecule has 0 aliphatic rings. The second kappa shape index (κ2) is 4.86. The van der Waals surface area contributed by atoms with E-state index in [2.05, 4.69) is 5.16 Å². The number of fused-ring (bicyclic) bond motifs is 1. The molecule has 0 saturated heterocycles. The summed E-state index contributed by atoms with van der Waals surface area (Å²) in [7, 11) is 1.51. The Bertz CT molecular complexity index is 593. The van der Waals surface area contributed by atoms with Gasteiger partial charge in [-0.25, -0.2) is 0 Å². The first-order chi connectivity index (χ1) is 8.52. The summed E-state index contributed by atoms with van der Waals surface area (Å²) in [5.74, 6) is -0.900. The molecule has 0 aliphatic heterocycles. The number of nitrogens with zero attached hydrogens (tertiary/aromatic N) is 1. The summed E-state index contributed by atoms with van der Waals surface area (Å²) in [6.45, 7) is 1.62. The fourth-order valence-electron chi connectivity index (χ4n) is 1.67. The van der Waals surface area contributed by atoms with Crippen LogP contribution in [0.2, 0.25) is 5.02 Å². The van der Waals surface area contributed by atoms with Crippen molar-refractivity contribution in [1.29, 1.82) is 0 Å². The van der Waals surface area contributed by atoms with Gasteiger partial charge in [0.1, 0.15) is 5.75 Å². The minimum Gasteiger partial charge on any atom is -0.495 e. The Hall–Kier alpha value is -1.75. The molecule has 1 N–H and O–H groups in total. The van der Waals surface area contributed by atoms with E-state index in [4.69, 9.17) is 26.0 Å². The van der Waals surface area contributed by atoms with Crippen LogP contribution in [0, 0.1) is 5.92 Å². The standard InChI is InChI=1S/C12H12ClNO4/c1-6(12(15)16)3-9-7-4-8(13)11(17-2)5-10(7)18-14-9/h4-6H,3H2,1-2H3,(H,15,16). The number of carboxylic acids is 1. The van der Waals surface area contributed by atoms with E-state index in [0.29, 0.717) is 33.9 Å². The minimum atomic E-state index is -0.870. The topological polar surface area (TPSA) is 72.6 Å². The highest BCUT2D eigenvalue weighted by molar-refractivity contribution is 6.32. The van der Waals surface area contributed by atoms with Crippen molar-refractivity contribution in [2.24, 2.45) is 5.92 Å². The van der Waals surface area contributed by atoms with Crippen LogP contribution in [0.4, 0.5) is 0 Å². The first kappa shape index (κ1) is 12.7. The predicted octanol–water partition coefficient (Wildman–Crippen LogP) is 2.75. The molecule has 18 heavy (non-hydrogen) atoms. The second-order valence-corrected chi connectivity index (χ2v) is 4.46. The molecule has 0 bridgehead atoms. The molecule has 1 aromatic heterocycles. The largest absolute Gasteiger partial charge is 0.495 e. The summed E-state index contributed by atoms with van der Waals surface area (Å²) in [4.78, 5) is 10.8. The molecule has 96 valence electrons. The fraction of sp³-hybridized carbons (Fsp3) is 0.333. The van der Waals surface area contributed by atoms with Gasteiger partial charge in [-0.1, -0.05) is 23.7 Å². The van der Waals surface area contributed by atoms with Crippen LogP contribution in [-0.2, 0) is 11.2 Å². The maximum atomic E-state index is 10.8. The van der Waals surface area contributed by atoms with Gasteiger partial charge in [0.05, 0.1) is 23.7 Å². The van der Waals surface area contributed by atoms with Gasteiger partial charge in [0.15, 0.2) is 5.58 Å². The van der Waals surface area contributed by atoms with Crippen molar-refractivity contribution in [3.05, 3.63) is 22.8 Å². The van der Waals surface area contributed by atoms with Crippen LogP contribution in [0.25, 0.3) is 11.0 Å². The lowest BCUT2D eigenvalue weighted by atomic mass is 10.0. The number of aliphatic carboxylic acids is 1. The van der Waals surface area contributed by atoms with Crippen molar-refractivity contribution in [2.75, 3.05) is 7.11 Å². The molecule has 0 aliphatic carbocycles. The summed E-state index contributed by atoms with van der Waals surface area (Å²) in [6.07, 6.45) is 0.297. The number of carbonyl (C=O) groups is 1. The molecule has 0 saturated carbocycles. The van der Waals surface area contributed by atoms with E-state index < -0.39 is 11.9 Å². The molecule has 0 radical (unpaired) electrons. The highest BCUT2D eigenvalue weighted by Gasteiger charge is 2.18. The van der Waals surface area contributed by atoms with Crippen molar-refractivity contribution < 1.29 is 19.2 Å². The van der Waals surface area contributed by atoms with Gasteiger partial charge in [0.2, 0.25) is 0 Å². The quantitative estimate of drug-likeness (QED) is 0.924. The van der Waals surface area contributed by atoms with Gasteiger partial charge >= 0.3 is 5.97 Å². The third-order valence-corrected chi connectivity index (χ3v) is 3.04. The molecule has 0 amide bonds. The Balaban J connectivity index is 2.42. The molecular weight excluding hydrogens is 258 g/mol. The molecule has 1 atom stereocenters. The van der Waals surface area contributed by atoms with Gasteiger partial charge in [-0.2, -0.15) is 0 Å². The molecule has 1 aromatic carbocycles. The number of halogens is 1. The SMILES string of the molecule is COc1cc2onc(CC(C)C(=O)O)c2cc1Cl. The normalized spacial score (nSPS) is 12.6. The summed E-state index contributed by atoms with van der Waals surface area (Å²) in [5, 5.41) is 13.9. The molecule has 1 unspecified atom stereocenters. The number of aromatic nitrogens is 1. The van der Waals surface area contributed by atoms with Crippen LogP contribution in [-0.4, -0.2) is 23.3 Å². The number of carboxylic acid groups (broad SMARTS) is 1. The van der Waals surface area contributed by atoms with Crippen molar-refractivity contribution in [3.63, 3.8) is 0 Å².